The van der Waals surface area contributed by atoms with Crippen molar-refractivity contribution in [2.45, 2.75) is 18.9 Å². The first-order valence-corrected chi connectivity index (χ1v) is 6.11. The Morgan fingerprint density at radius 1 is 1.47 bits per heavy atom. The molecule has 0 saturated heterocycles. The molecule has 4 N–H and O–H groups in total. The van der Waals surface area contributed by atoms with Crippen molar-refractivity contribution in [1.29, 1.82) is 0 Å². The summed E-state index contributed by atoms with van der Waals surface area (Å²) in [5.74, 6) is -1.18. The molecule has 1 aromatic carbocycles. The van der Waals surface area contributed by atoms with Crippen LogP contribution in [0.1, 0.15) is 23.2 Å². The lowest BCUT2D eigenvalue weighted by Gasteiger charge is -2.22. The van der Waals surface area contributed by atoms with Gasteiger partial charge in [-0.1, -0.05) is 6.07 Å². The lowest BCUT2D eigenvalue weighted by molar-refractivity contribution is -0.119. The molecule has 0 atom stereocenters. The lowest BCUT2D eigenvalue weighted by Crippen LogP contribution is -2.37. The molecule has 0 aliphatic heterocycles. The summed E-state index contributed by atoms with van der Waals surface area (Å²) >= 11 is 0. The zero-order valence-corrected chi connectivity index (χ0v) is 10.7. The second kappa shape index (κ2) is 5.17. The number of hydrogen-bond acceptors (Lipinski definition) is 4. The Kier molecular flexibility index (Phi) is 3.59. The van der Waals surface area contributed by atoms with Crippen molar-refractivity contribution in [2.24, 2.45) is 0 Å². The van der Waals surface area contributed by atoms with Crippen LogP contribution in [-0.2, 0) is 4.79 Å². The van der Waals surface area contributed by atoms with Gasteiger partial charge in [-0.15, -0.1) is 0 Å². The van der Waals surface area contributed by atoms with Gasteiger partial charge in [0, 0.05) is 13.1 Å². The van der Waals surface area contributed by atoms with Gasteiger partial charge < -0.3 is 21.1 Å². The molecule has 1 saturated carbocycles. The zero-order valence-electron chi connectivity index (χ0n) is 10.7. The summed E-state index contributed by atoms with van der Waals surface area (Å²) in [4.78, 5) is 24.5. The first kappa shape index (κ1) is 13.2. The molecule has 1 amide bonds. The molecule has 0 heterocycles. The number of benzene rings is 1. The highest BCUT2D eigenvalue weighted by molar-refractivity contribution is 5.98. The Hall–Kier alpha value is -2.24. The van der Waals surface area contributed by atoms with Gasteiger partial charge >= 0.3 is 5.97 Å². The quantitative estimate of drug-likeness (QED) is 0.679. The second-order valence-electron chi connectivity index (χ2n) is 4.75. The van der Waals surface area contributed by atoms with Gasteiger partial charge in [-0.3, -0.25) is 4.79 Å². The van der Waals surface area contributed by atoms with Crippen LogP contribution in [0, 0.1) is 0 Å². The monoisotopic (exact) mass is 263 g/mol. The van der Waals surface area contributed by atoms with Crippen molar-refractivity contribution in [2.75, 3.05) is 24.2 Å². The number of carboxylic acid groups (broad SMARTS) is 1. The number of carboxylic acids is 1. The van der Waals surface area contributed by atoms with Crippen LogP contribution in [0.3, 0.4) is 0 Å². The largest absolute Gasteiger partial charge is 0.478 e. The number of nitrogens with zero attached hydrogens (tertiary/aromatic N) is 1. The van der Waals surface area contributed by atoms with E-state index in [1.54, 1.807) is 24.1 Å². The minimum absolute atomic E-state index is 0.0883. The van der Waals surface area contributed by atoms with Crippen LogP contribution in [0.2, 0.25) is 0 Å². The summed E-state index contributed by atoms with van der Waals surface area (Å²) in [7, 11) is 1.66. The van der Waals surface area contributed by atoms with E-state index >= 15 is 0 Å². The molecule has 6 nitrogen and oxygen atoms in total. The van der Waals surface area contributed by atoms with Crippen molar-refractivity contribution in [3.05, 3.63) is 23.8 Å². The van der Waals surface area contributed by atoms with E-state index in [2.05, 4.69) is 5.32 Å². The molecule has 102 valence electrons. The maximum absolute atomic E-state index is 11.7. The first-order chi connectivity index (χ1) is 8.99. The van der Waals surface area contributed by atoms with Crippen molar-refractivity contribution in [3.8, 4) is 0 Å². The van der Waals surface area contributed by atoms with Crippen LogP contribution in [0.5, 0.6) is 0 Å². The van der Waals surface area contributed by atoms with E-state index in [-0.39, 0.29) is 24.1 Å². The van der Waals surface area contributed by atoms with Crippen LogP contribution in [0.4, 0.5) is 11.4 Å². The molecule has 2 rings (SSSR count). The normalized spacial score (nSPS) is 13.9. The fraction of sp³-hybridized carbons (Fsp3) is 0.385. The van der Waals surface area contributed by atoms with E-state index in [0.717, 1.165) is 12.8 Å². The van der Waals surface area contributed by atoms with Gasteiger partial charge in [-0.2, -0.15) is 0 Å². The number of nitrogen functional groups attached to an aromatic ring is 1. The fourth-order valence-corrected chi connectivity index (χ4v) is 1.96. The minimum Gasteiger partial charge on any atom is -0.478 e. The Balaban J connectivity index is 2.14. The topological polar surface area (TPSA) is 95.7 Å². The third kappa shape index (κ3) is 3.15. The predicted molar refractivity (Wildman–Crippen MR) is 72.2 cm³/mol. The number of hydrogen-bond donors (Lipinski definition) is 3. The molecule has 1 aromatic rings. The fourth-order valence-electron chi connectivity index (χ4n) is 1.96. The third-order valence-corrected chi connectivity index (χ3v) is 3.00. The summed E-state index contributed by atoms with van der Waals surface area (Å²) in [6, 6.07) is 4.97. The molecule has 6 heteroatoms. The van der Waals surface area contributed by atoms with Crippen molar-refractivity contribution >= 4 is 23.3 Å². The Morgan fingerprint density at radius 2 is 2.16 bits per heavy atom. The number of para-hydroxylation sites is 1. The Labute approximate surface area is 111 Å². The average molecular weight is 263 g/mol. The number of nitrogens with one attached hydrogen (secondary N) is 1. The molecule has 0 bridgehead atoms. The molecule has 0 spiro atoms. The van der Waals surface area contributed by atoms with E-state index in [4.69, 9.17) is 10.8 Å². The minimum atomic E-state index is -1.06. The number of anilines is 2. The molecule has 1 fully saturated rings. The van der Waals surface area contributed by atoms with Gasteiger partial charge in [0.25, 0.3) is 0 Å². The van der Waals surface area contributed by atoms with Gasteiger partial charge in [-0.05, 0) is 25.0 Å². The number of carbonyl (C=O) groups is 2. The summed E-state index contributed by atoms with van der Waals surface area (Å²) < 4.78 is 0. The van der Waals surface area contributed by atoms with Gasteiger partial charge in [0.05, 0.1) is 23.5 Å². The predicted octanol–water partition coefficient (Wildman–Crippen LogP) is 0.682. The average Bonchev–Trinajstić information content (AvgIpc) is 3.11. The van der Waals surface area contributed by atoms with Crippen molar-refractivity contribution < 1.29 is 14.7 Å². The van der Waals surface area contributed by atoms with E-state index in [1.807, 2.05) is 0 Å². The second-order valence-corrected chi connectivity index (χ2v) is 4.75. The third-order valence-electron chi connectivity index (χ3n) is 3.00. The molecule has 0 radical (unpaired) electrons. The standard InChI is InChI=1S/C13H17N3O3/c1-16(7-11(17)15-8-5-6-8)12-9(13(18)19)3-2-4-10(12)14/h2-4,8H,5-7,14H2,1H3,(H,15,17)(H,18,19). The zero-order chi connectivity index (χ0) is 14.0. The lowest BCUT2D eigenvalue weighted by atomic mass is 10.1. The smallest absolute Gasteiger partial charge is 0.337 e. The summed E-state index contributed by atoms with van der Waals surface area (Å²) in [6.45, 7) is 0.0883. The maximum Gasteiger partial charge on any atom is 0.337 e. The van der Waals surface area contributed by atoms with E-state index < -0.39 is 5.97 Å². The number of rotatable bonds is 5. The Bertz CT molecular complexity index is 512. The highest BCUT2D eigenvalue weighted by atomic mass is 16.4. The van der Waals surface area contributed by atoms with Crippen molar-refractivity contribution in [1.82, 2.24) is 5.32 Å². The van der Waals surface area contributed by atoms with Crippen molar-refractivity contribution in [3.63, 3.8) is 0 Å². The molecule has 0 aromatic heterocycles. The molecule has 1 aliphatic rings. The van der Waals surface area contributed by atoms with E-state index in [0.29, 0.717) is 11.4 Å². The van der Waals surface area contributed by atoms with Gasteiger partial charge in [-0.25, -0.2) is 4.79 Å². The summed E-state index contributed by atoms with van der Waals surface area (Å²) in [6.07, 6.45) is 2.03. The number of nitrogens with two attached hydrogens (primary N) is 1. The number of carbonyl (C=O) groups excluding carboxylic acids is 1. The van der Waals surface area contributed by atoms with E-state index in [9.17, 15) is 9.59 Å². The molecule has 0 unspecified atom stereocenters. The van der Waals surface area contributed by atoms with E-state index in [1.165, 1.54) is 6.07 Å². The maximum atomic E-state index is 11.7. The Morgan fingerprint density at radius 3 is 2.74 bits per heavy atom. The van der Waals surface area contributed by atoms with Gasteiger partial charge in [0.1, 0.15) is 0 Å². The highest BCUT2D eigenvalue weighted by Crippen LogP contribution is 2.27. The van der Waals surface area contributed by atoms with Crippen LogP contribution in [0.25, 0.3) is 0 Å². The number of likely N-dealkylation sites (N-methyl/N-ethyl adjacent to an activating group) is 1. The molecule has 1 aliphatic carbocycles. The first-order valence-electron chi connectivity index (χ1n) is 6.11. The number of amides is 1. The molecular formula is C13H17N3O3. The van der Waals surface area contributed by atoms with Crippen LogP contribution in [-0.4, -0.2) is 36.6 Å². The van der Waals surface area contributed by atoms with Crippen LogP contribution >= 0.6 is 0 Å². The van der Waals surface area contributed by atoms with Gasteiger partial charge in [0.15, 0.2) is 0 Å². The van der Waals surface area contributed by atoms with Gasteiger partial charge in [0.2, 0.25) is 5.91 Å². The molecular weight excluding hydrogens is 246 g/mol. The highest BCUT2D eigenvalue weighted by Gasteiger charge is 2.24. The number of aromatic carboxylic acids is 1. The van der Waals surface area contributed by atoms with Crippen LogP contribution < -0.4 is 16.0 Å². The molecule has 19 heavy (non-hydrogen) atoms. The van der Waals surface area contributed by atoms with Crippen LogP contribution in [0.15, 0.2) is 18.2 Å². The SMILES string of the molecule is CN(CC(=O)NC1CC1)c1c(N)cccc1C(=O)O. The summed E-state index contributed by atoms with van der Waals surface area (Å²) in [5.41, 5.74) is 6.64. The summed E-state index contributed by atoms with van der Waals surface area (Å²) in [5, 5.41) is 12.0.